The Bertz CT molecular complexity index is 1010. The molecule has 0 aliphatic carbocycles. The molecule has 148 valence electrons. The minimum absolute atomic E-state index is 0.0352. The third-order valence-corrected chi connectivity index (χ3v) is 4.07. The Morgan fingerprint density at radius 2 is 1.76 bits per heavy atom. The molecular weight excluding hydrogens is 378 g/mol. The second-order valence-corrected chi connectivity index (χ2v) is 6.17. The van der Waals surface area contributed by atoms with E-state index in [1.54, 1.807) is 31.2 Å². The van der Waals surface area contributed by atoms with Crippen LogP contribution in [0, 0.1) is 10.1 Å². The number of hydrogen-bond acceptors (Lipinski definition) is 8. The minimum atomic E-state index is -0.798. The van der Waals surface area contributed by atoms with E-state index in [9.17, 15) is 19.7 Å². The van der Waals surface area contributed by atoms with E-state index in [1.165, 1.54) is 24.3 Å². The average Bonchev–Trinajstić information content (AvgIpc) is 3.23. The number of aromatic nitrogens is 2. The predicted molar refractivity (Wildman–Crippen MR) is 101 cm³/mol. The molecule has 0 unspecified atom stereocenters. The molecule has 9 nitrogen and oxygen atoms in total. The number of nitro benzene ring substituents is 1. The van der Waals surface area contributed by atoms with Crippen molar-refractivity contribution < 1.29 is 23.7 Å². The summed E-state index contributed by atoms with van der Waals surface area (Å²) in [4.78, 5) is 34.3. The second kappa shape index (κ2) is 8.87. The number of ether oxygens (including phenoxy) is 1. The summed E-state index contributed by atoms with van der Waals surface area (Å²) >= 11 is 0. The fraction of sp³-hybridized carbons (Fsp3) is 0.200. The second-order valence-electron chi connectivity index (χ2n) is 6.17. The van der Waals surface area contributed by atoms with Gasteiger partial charge in [-0.2, -0.15) is 0 Å². The van der Waals surface area contributed by atoms with Crippen molar-refractivity contribution in [3.8, 4) is 11.5 Å². The first-order valence-corrected chi connectivity index (χ1v) is 8.80. The number of Topliss-reactive ketones (excluding diaryl/α,β-unsaturated/α-hetero) is 1. The summed E-state index contributed by atoms with van der Waals surface area (Å²) in [5.41, 5.74) is 0.986. The molecular formula is C20H17N3O6. The summed E-state index contributed by atoms with van der Waals surface area (Å²) in [5, 5.41) is 18.4. The standard InChI is InChI=1S/C20H17N3O6/c1-13(28-18(25)12-11-17(24)14-5-3-2-4-6-14)19-21-22-20(29-19)15-7-9-16(10-8-15)23(26)27/h2-10,13H,11-12H2,1H3/t13-/m0/s1. The lowest BCUT2D eigenvalue weighted by Gasteiger charge is -2.09. The first kappa shape index (κ1) is 19.9. The highest BCUT2D eigenvalue weighted by Gasteiger charge is 2.20. The van der Waals surface area contributed by atoms with Crippen molar-refractivity contribution >= 4 is 17.4 Å². The molecule has 0 saturated heterocycles. The van der Waals surface area contributed by atoms with Gasteiger partial charge in [0, 0.05) is 29.7 Å². The topological polar surface area (TPSA) is 125 Å². The number of carbonyl (C=O) groups is 2. The van der Waals surface area contributed by atoms with E-state index in [-0.39, 0.29) is 36.1 Å². The number of benzene rings is 2. The Morgan fingerprint density at radius 3 is 2.41 bits per heavy atom. The number of nitro groups is 1. The largest absolute Gasteiger partial charge is 0.453 e. The van der Waals surface area contributed by atoms with Gasteiger partial charge in [-0.1, -0.05) is 30.3 Å². The molecule has 1 atom stereocenters. The third kappa shape index (κ3) is 5.10. The van der Waals surface area contributed by atoms with Crippen LogP contribution in [0.2, 0.25) is 0 Å². The summed E-state index contributed by atoms with van der Waals surface area (Å²) < 4.78 is 10.7. The fourth-order valence-electron chi connectivity index (χ4n) is 2.53. The van der Waals surface area contributed by atoms with Gasteiger partial charge in [0.2, 0.25) is 5.89 Å². The Morgan fingerprint density at radius 1 is 1.07 bits per heavy atom. The molecule has 1 aromatic heterocycles. The minimum Gasteiger partial charge on any atom is -0.453 e. The van der Waals surface area contributed by atoms with Crippen molar-refractivity contribution in [2.45, 2.75) is 25.9 Å². The maximum absolute atomic E-state index is 12.0. The smallest absolute Gasteiger partial charge is 0.307 e. The number of hydrogen-bond donors (Lipinski definition) is 0. The molecule has 29 heavy (non-hydrogen) atoms. The summed E-state index contributed by atoms with van der Waals surface area (Å²) in [6.45, 7) is 1.57. The highest BCUT2D eigenvalue weighted by molar-refractivity contribution is 5.97. The molecule has 9 heteroatoms. The zero-order valence-corrected chi connectivity index (χ0v) is 15.5. The Kier molecular flexibility index (Phi) is 6.08. The lowest BCUT2D eigenvalue weighted by Crippen LogP contribution is -2.11. The molecule has 0 fully saturated rings. The van der Waals surface area contributed by atoms with Gasteiger partial charge >= 0.3 is 5.97 Å². The van der Waals surface area contributed by atoms with E-state index in [0.717, 1.165) is 0 Å². The Labute approximate surface area is 165 Å². The van der Waals surface area contributed by atoms with Crippen LogP contribution in [0.3, 0.4) is 0 Å². The van der Waals surface area contributed by atoms with Crippen LogP contribution in [-0.2, 0) is 9.53 Å². The van der Waals surface area contributed by atoms with E-state index in [4.69, 9.17) is 9.15 Å². The Hall–Kier alpha value is -3.88. The molecule has 0 saturated carbocycles. The monoisotopic (exact) mass is 395 g/mol. The fourth-order valence-corrected chi connectivity index (χ4v) is 2.53. The van der Waals surface area contributed by atoms with E-state index in [1.807, 2.05) is 6.07 Å². The molecule has 3 aromatic rings. The maximum atomic E-state index is 12.0. The molecule has 3 rings (SSSR count). The van der Waals surface area contributed by atoms with Crippen molar-refractivity contribution in [1.82, 2.24) is 10.2 Å². The summed E-state index contributed by atoms with van der Waals surface area (Å²) in [5.74, 6) is -0.469. The van der Waals surface area contributed by atoms with Crippen molar-refractivity contribution in [3.63, 3.8) is 0 Å². The van der Waals surface area contributed by atoms with Crippen LogP contribution in [0.25, 0.3) is 11.5 Å². The number of carbonyl (C=O) groups excluding carboxylic acids is 2. The molecule has 0 N–H and O–H groups in total. The molecule has 0 bridgehead atoms. The summed E-state index contributed by atoms with van der Waals surface area (Å²) in [6.07, 6.45) is -0.830. The first-order chi connectivity index (χ1) is 13.9. The van der Waals surface area contributed by atoms with Crippen molar-refractivity contribution in [2.24, 2.45) is 0 Å². The lowest BCUT2D eigenvalue weighted by molar-refractivity contribution is -0.384. The number of rotatable bonds is 8. The van der Waals surface area contributed by atoms with Gasteiger partial charge in [-0.05, 0) is 19.1 Å². The van der Waals surface area contributed by atoms with Crippen LogP contribution in [0.1, 0.15) is 42.1 Å². The van der Waals surface area contributed by atoms with Crippen LogP contribution >= 0.6 is 0 Å². The summed E-state index contributed by atoms with van der Waals surface area (Å²) in [7, 11) is 0. The van der Waals surface area contributed by atoms with Gasteiger partial charge in [-0.3, -0.25) is 19.7 Å². The van der Waals surface area contributed by atoms with E-state index < -0.39 is 17.0 Å². The Balaban J connectivity index is 1.55. The molecule has 2 aromatic carbocycles. The van der Waals surface area contributed by atoms with Crippen LogP contribution in [0.15, 0.2) is 59.0 Å². The quantitative estimate of drug-likeness (QED) is 0.243. The van der Waals surface area contributed by atoms with Crippen LogP contribution in [0.5, 0.6) is 0 Å². The SMILES string of the molecule is C[C@H](OC(=O)CCC(=O)c1ccccc1)c1nnc(-c2ccc([N+](=O)[O-])cc2)o1. The number of nitrogens with zero attached hydrogens (tertiary/aromatic N) is 3. The van der Waals surface area contributed by atoms with Crippen LogP contribution < -0.4 is 0 Å². The molecule has 0 spiro atoms. The van der Waals surface area contributed by atoms with Gasteiger partial charge in [0.15, 0.2) is 11.9 Å². The van der Waals surface area contributed by atoms with Gasteiger partial charge in [0.05, 0.1) is 11.3 Å². The van der Waals surface area contributed by atoms with Crippen LogP contribution in [0.4, 0.5) is 5.69 Å². The molecule has 0 aliphatic rings. The van der Waals surface area contributed by atoms with Gasteiger partial charge in [-0.15, -0.1) is 10.2 Å². The van der Waals surface area contributed by atoms with Gasteiger partial charge in [-0.25, -0.2) is 0 Å². The highest BCUT2D eigenvalue weighted by atomic mass is 16.6. The number of non-ortho nitro benzene ring substituents is 1. The summed E-state index contributed by atoms with van der Waals surface area (Å²) in [6, 6.07) is 14.3. The van der Waals surface area contributed by atoms with Crippen molar-refractivity contribution in [3.05, 3.63) is 76.2 Å². The highest BCUT2D eigenvalue weighted by Crippen LogP contribution is 2.24. The zero-order chi connectivity index (χ0) is 20.8. The first-order valence-electron chi connectivity index (χ1n) is 8.80. The molecule has 0 amide bonds. The lowest BCUT2D eigenvalue weighted by atomic mass is 10.1. The van der Waals surface area contributed by atoms with Crippen LogP contribution in [-0.4, -0.2) is 26.9 Å². The number of esters is 1. The number of ketones is 1. The average molecular weight is 395 g/mol. The predicted octanol–water partition coefficient (Wildman–Crippen LogP) is 3.91. The third-order valence-electron chi connectivity index (χ3n) is 4.07. The van der Waals surface area contributed by atoms with E-state index >= 15 is 0 Å². The zero-order valence-electron chi connectivity index (χ0n) is 15.5. The van der Waals surface area contributed by atoms with Gasteiger partial charge in [0.25, 0.3) is 11.6 Å². The van der Waals surface area contributed by atoms with Gasteiger partial charge < -0.3 is 9.15 Å². The normalized spacial score (nSPS) is 11.6. The molecule has 0 radical (unpaired) electrons. The van der Waals surface area contributed by atoms with Gasteiger partial charge in [0.1, 0.15) is 0 Å². The maximum Gasteiger partial charge on any atom is 0.307 e. The van der Waals surface area contributed by atoms with E-state index in [0.29, 0.717) is 11.1 Å². The molecule has 1 heterocycles. The van der Waals surface area contributed by atoms with Crippen molar-refractivity contribution in [2.75, 3.05) is 0 Å². The molecule has 0 aliphatic heterocycles. The van der Waals surface area contributed by atoms with E-state index in [2.05, 4.69) is 10.2 Å². The van der Waals surface area contributed by atoms with Crippen molar-refractivity contribution in [1.29, 1.82) is 0 Å².